The van der Waals surface area contributed by atoms with Gasteiger partial charge in [-0.05, 0) is 54.8 Å². The number of hydrogen-bond donors (Lipinski definition) is 0. The zero-order chi connectivity index (χ0) is 21.8. The molecule has 6 heteroatoms. The first-order valence-electron chi connectivity index (χ1n) is 11.1. The van der Waals surface area contributed by atoms with Crippen LogP contribution in [0.15, 0.2) is 42.5 Å². The Kier molecular flexibility index (Phi) is 6.66. The van der Waals surface area contributed by atoms with Crippen LogP contribution in [0.3, 0.4) is 0 Å². The summed E-state index contributed by atoms with van der Waals surface area (Å²) in [5, 5.41) is 0. The van der Waals surface area contributed by atoms with Gasteiger partial charge in [0.2, 0.25) is 5.91 Å². The van der Waals surface area contributed by atoms with Gasteiger partial charge in [-0.2, -0.15) is 0 Å². The minimum absolute atomic E-state index is 0.151. The van der Waals surface area contributed by atoms with E-state index in [1.807, 2.05) is 32.1 Å². The SMILES string of the molecule is CN(Cc1ccc(N(C)C)cc1)C(=O)CN1CCC[C@H]1c1ccc2c(c1)OCCCO2. The first kappa shape index (κ1) is 21.5. The highest BCUT2D eigenvalue weighted by Gasteiger charge is 2.29. The Morgan fingerprint density at radius 1 is 1.00 bits per heavy atom. The number of fused-ring (bicyclic) bond motifs is 1. The molecule has 2 heterocycles. The van der Waals surface area contributed by atoms with Gasteiger partial charge in [-0.15, -0.1) is 0 Å². The summed E-state index contributed by atoms with van der Waals surface area (Å²) in [5.74, 6) is 1.80. The molecule has 0 aliphatic carbocycles. The summed E-state index contributed by atoms with van der Waals surface area (Å²) in [6.45, 7) is 3.38. The molecule has 1 saturated heterocycles. The molecule has 6 nitrogen and oxygen atoms in total. The minimum atomic E-state index is 0.151. The zero-order valence-corrected chi connectivity index (χ0v) is 18.8. The Labute approximate surface area is 185 Å². The number of ether oxygens (including phenoxy) is 2. The molecule has 0 radical (unpaired) electrons. The number of likely N-dealkylation sites (tertiary alicyclic amines) is 1. The first-order chi connectivity index (χ1) is 15.0. The van der Waals surface area contributed by atoms with Crippen LogP contribution in [0, 0.1) is 0 Å². The van der Waals surface area contributed by atoms with Crippen molar-refractivity contribution in [1.29, 1.82) is 0 Å². The topological polar surface area (TPSA) is 45.2 Å². The number of nitrogens with zero attached hydrogens (tertiary/aromatic N) is 3. The number of carbonyl (C=O) groups excluding carboxylic acids is 1. The molecule has 1 fully saturated rings. The lowest BCUT2D eigenvalue weighted by atomic mass is 10.0. The lowest BCUT2D eigenvalue weighted by Gasteiger charge is -2.27. The highest BCUT2D eigenvalue weighted by Crippen LogP contribution is 2.37. The van der Waals surface area contributed by atoms with E-state index < -0.39 is 0 Å². The summed E-state index contributed by atoms with van der Waals surface area (Å²) in [6, 6.07) is 14.8. The molecule has 1 amide bonds. The van der Waals surface area contributed by atoms with Crippen molar-refractivity contribution >= 4 is 11.6 Å². The van der Waals surface area contributed by atoms with Gasteiger partial charge in [-0.25, -0.2) is 0 Å². The molecule has 2 aliphatic heterocycles. The van der Waals surface area contributed by atoms with Gasteiger partial charge in [-0.3, -0.25) is 9.69 Å². The molecule has 2 aliphatic rings. The molecular weight excluding hydrogens is 390 g/mol. The van der Waals surface area contributed by atoms with Crippen molar-refractivity contribution in [3.63, 3.8) is 0 Å². The van der Waals surface area contributed by atoms with E-state index in [9.17, 15) is 4.79 Å². The van der Waals surface area contributed by atoms with Crippen LogP contribution in [0.2, 0.25) is 0 Å². The third-order valence-corrected chi connectivity index (χ3v) is 6.16. The van der Waals surface area contributed by atoms with E-state index in [0.29, 0.717) is 26.3 Å². The van der Waals surface area contributed by atoms with Crippen molar-refractivity contribution in [2.45, 2.75) is 31.8 Å². The second kappa shape index (κ2) is 9.60. The Hall–Kier alpha value is -2.73. The Morgan fingerprint density at radius 2 is 1.74 bits per heavy atom. The Balaban J connectivity index is 1.38. The molecule has 0 aromatic heterocycles. The van der Waals surface area contributed by atoms with Crippen molar-refractivity contribution in [3.05, 3.63) is 53.6 Å². The van der Waals surface area contributed by atoms with Gasteiger partial charge in [0, 0.05) is 45.8 Å². The van der Waals surface area contributed by atoms with Crippen LogP contribution in [0.4, 0.5) is 5.69 Å². The first-order valence-corrected chi connectivity index (χ1v) is 11.1. The van der Waals surface area contributed by atoms with Crippen LogP contribution in [-0.4, -0.2) is 63.2 Å². The van der Waals surface area contributed by atoms with Gasteiger partial charge >= 0.3 is 0 Å². The average Bonchev–Trinajstić information content (AvgIpc) is 3.09. The van der Waals surface area contributed by atoms with Crippen molar-refractivity contribution in [1.82, 2.24) is 9.80 Å². The van der Waals surface area contributed by atoms with Crippen LogP contribution < -0.4 is 14.4 Å². The summed E-state index contributed by atoms with van der Waals surface area (Å²) in [4.78, 5) is 19.2. The third kappa shape index (κ3) is 5.13. The monoisotopic (exact) mass is 423 g/mol. The van der Waals surface area contributed by atoms with Crippen molar-refractivity contribution in [2.24, 2.45) is 0 Å². The minimum Gasteiger partial charge on any atom is -0.490 e. The zero-order valence-electron chi connectivity index (χ0n) is 18.8. The highest BCUT2D eigenvalue weighted by atomic mass is 16.5. The van der Waals surface area contributed by atoms with Crippen LogP contribution in [0.1, 0.15) is 36.4 Å². The van der Waals surface area contributed by atoms with Gasteiger partial charge in [0.25, 0.3) is 0 Å². The Morgan fingerprint density at radius 3 is 2.48 bits per heavy atom. The Bertz CT molecular complexity index is 897. The number of hydrogen-bond acceptors (Lipinski definition) is 5. The number of likely N-dealkylation sites (N-methyl/N-ethyl adjacent to an activating group) is 1. The highest BCUT2D eigenvalue weighted by molar-refractivity contribution is 5.78. The summed E-state index contributed by atoms with van der Waals surface area (Å²) in [5.41, 5.74) is 3.51. The molecule has 0 unspecified atom stereocenters. The van der Waals surface area contributed by atoms with Crippen molar-refractivity contribution < 1.29 is 14.3 Å². The molecule has 2 aromatic carbocycles. The standard InChI is InChI=1S/C25H33N3O3/c1-26(2)21-10-7-19(8-11-21)17-27(3)25(29)18-28-13-4-6-22(28)20-9-12-23-24(16-20)31-15-5-14-30-23/h7-12,16,22H,4-6,13-15,17-18H2,1-3H3/t22-/m0/s1. The number of benzene rings is 2. The second-order valence-electron chi connectivity index (χ2n) is 8.70. The molecule has 4 rings (SSSR count). The lowest BCUT2D eigenvalue weighted by molar-refractivity contribution is -0.131. The second-order valence-corrected chi connectivity index (χ2v) is 8.70. The largest absolute Gasteiger partial charge is 0.490 e. The van der Waals surface area contributed by atoms with Gasteiger partial charge in [0.1, 0.15) is 0 Å². The van der Waals surface area contributed by atoms with E-state index in [1.54, 1.807) is 0 Å². The maximum absolute atomic E-state index is 13.0. The maximum atomic E-state index is 13.0. The fourth-order valence-electron chi connectivity index (χ4n) is 4.34. The summed E-state index contributed by atoms with van der Waals surface area (Å²) < 4.78 is 11.6. The third-order valence-electron chi connectivity index (χ3n) is 6.16. The molecule has 0 saturated carbocycles. The molecule has 166 valence electrons. The van der Waals surface area contributed by atoms with E-state index in [1.165, 1.54) is 5.56 Å². The fourth-order valence-corrected chi connectivity index (χ4v) is 4.34. The van der Waals surface area contributed by atoms with Gasteiger partial charge in [0.15, 0.2) is 11.5 Å². The molecule has 1 atom stereocenters. The molecule has 0 spiro atoms. The maximum Gasteiger partial charge on any atom is 0.236 e. The summed E-state index contributed by atoms with van der Waals surface area (Å²) >= 11 is 0. The molecular formula is C25H33N3O3. The van der Waals surface area contributed by atoms with Crippen molar-refractivity contribution in [2.75, 3.05) is 52.3 Å². The van der Waals surface area contributed by atoms with Crippen LogP contribution in [-0.2, 0) is 11.3 Å². The normalized spacial score (nSPS) is 18.5. The molecule has 31 heavy (non-hydrogen) atoms. The van der Waals surface area contributed by atoms with E-state index >= 15 is 0 Å². The van der Waals surface area contributed by atoms with E-state index in [2.05, 4.69) is 46.2 Å². The predicted octanol–water partition coefficient (Wildman–Crippen LogP) is 3.71. The van der Waals surface area contributed by atoms with E-state index in [4.69, 9.17) is 9.47 Å². The molecule has 0 bridgehead atoms. The molecule has 0 N–H and O–H groups in total. The summed E-state index contributed by atoms with van der Waals surface area (Å²) in [7, 11) is 5.95. The predicted molar refractivity (Wildman–Crippen MR) is 123 cm³/mol. The quantitative estimate of drug-likeness (QED) is 0.709. The molecule has 2 aromatic rings. The number of amides is 1. The smallest absolute Gasteiger partial charge is 0.236 e. The van der Waals surface area contributed by atoms with Crippen LogP contribution in [0.5, 0.6) is 11.5 Å². The lowest BCUT2D eigenvalue weighted by Crippen LogP contribution is -2.37. The fraction of sp³-hybridized carbons (Fsp3) is 0.480. The van der Waals surface area contributed by atoms with Crippen LogP contribution in [0.25, 0.3) is 0 Å². The van der Waals surface area contributed by atoms with Crippen LogP contribution >= 0.6 is 0 Å². The van der Waals surface area contributed by atoms with Gasteiger partial charge < -0.3 is 19.3 Å². The number of rotatable bonds is 6. The van der Waals surface area contributed by atoms with E-state index in [-0.39, 0.29) is 11.9 Å². The van der Waals surface area contributed by atoms with Gasteiger partial charge in [-0.1, -0.05) is 18.2 Å². The summed E-state index contributed by atoms with van der Waals surface area (Å²) in [6.07, 6.45) is 3.06. The number of anilines is 1. The number of carbonyl (C=O) groups is 1. The van der Waals surface area contributed by atoms with E-state index in [0.717, 1.165) is 48.6 Å². The van der Waals surface area contributed by atoms with Gasteiger partial charge in [0.05, 0.1) is 19.8 Å². The average molecular weight is 424 g/mol. The van der Waals surface area contributed by atoms with Crippen molar-refractivity contribution in [3.8, 4) is 11.5 Å².